The number of anilines is 1. The van der Waals surface area contributed by atoms with Crippen molar-refractivity contribution >= 4 is 17.6 Å². The van der Waals surface area contributed by atoms with Crippen LogP contribution in [-0.4, -0.2) is 22.5 Å². The number of hydrogen-bond acceptors (Lipinski definition) is 4. The molecule has 0 aliphatic carbocycles. The summed E-state index contributed by atoms with van der Waals surface area (Å²) in [4.78, 5) is 23.1. The molecule has 1 atom stereocenters. The molecule has 178 valence electrons. The average Bonchev–Trinajstić information content (AvgIpc) is 2.77. The topological polar surface area (TPSA) is 102 Å². The van der Waals surface area contributed by atoms with Crippen molar-refractivity contribution in [3.05, 3.63) is 83.9 Å². The number of carboxylic acids is 1. The number of rotatable bonds is 8. The van der Waals surface area contributed by atoms with E-state index in [0.717, 1.165) is 23.3 Å². The van der Waals surface area contributed by atoms with Gasteiger partial charge in [0.25, 0.3) is 0 Å². The van der Waals surface area contributed by atoms with Crippen LogP contribution in [-0.2, 0) is 22.4 Å². The number of nitrogens with two attached hydrogens (primary N) is 1. The summed E-state index contributed by atoms with van der Waals surface area (Å²) in [6, 6.07) is 20.0. The van der Waals surface area contributed by atoms with E-state index < -0.39 is 41.3 Å². The summed E-state index contributed by atoms with van der Waals surface area (Å²) in [6.45, 7) is 1.09. The van der Waals surface area contributed by atoms with E-state index in [4.69, 9.17) is 15.6 Å². The summed E-state index contributed by atoms with van der Waals surface area (Å²) in [7, 11) is 0. The minimum absolute atomic E-state index is 0.0939. The van der Waals surface area contributed by atoms with E-state index in [0.29, 0.717) is 5.56 Å². The number of ether oxygens (including phenoxy) is 1. The van der Waals surface area contributed by atoms with Gasteiger partial charge in [0.2, 0.25) is 5.91 Å². The molecule has 0 fully saturated rings. The molecule has 0 bridgehead atoms. The highest BCUT2D eigenvalue weighted by Crippen LogP contribution is 2.38. The van der Waals surface area contributed by atoms with Crippen LogP contribution in [0.25, 0.3) is 11.1 Å². The van der Waals surface area contributed by atoms with Gasteiger partial charge >= 0.3 is 12.1 Å². The van der Waals surface area contributed by atoms with Crippen LogP contribution in [0.4, 0.5) is 18.9 Å². The Labute approximate surface area is 194 Å². The lowest BCUT2D eigenvalue weighted by Crippen LogP contribution is -2.49. The van der Waals surface area contributed by atoms with E-state index in [-0.39, 0.29) is 12.3 Å². The highest BCUT2D eigenvalue weighted by Gasteiger charge is 2.36. The normalized spacial score (nSPS) is 13.1. The summed E-state index contributed by atoms with van der Waals surface area (Å²) in [5.74, 6) is -2.63. The molecule has 0 heterocycles. The Morgan fingerprint density at radius 1 is 0.971 bits per heavy atom. The molecule has 0 unspecified atom stereocenters. The summed E-state index contributed by atoms with van der Waals surface area (Å²) < 4.78 is 46.4. The maximum atomic E-state index is 13.6. The maximum absolute atomic E-state index is 13.6. The van der Waals surface area contributed by atoms with Gasteiger partial charge < -0.3 is 20.9 Å². The van der Waals surface area contributed by atoms with E-state index in [1.54, 1.807) is 12.1 Å². The zero-order chi connectivity index (χ0) is 24.9. The van der Waals surface area contributed by atoms with Gasteiger partial charge in [0.05, 0.1) is 12.0 Å². The zero-order valence-corrected chi connectivity index (χ0v) is 18.2. The van der Waals surface area contributed by atoms with Crippen LogP contribution in [0.3, 0.4) is 0 Å². The zero-order valence-electron chi connectivity index (χ0n) is 18.2. The van der Waals surface area contributed by atoms with Crippen LogP contribution in [0, 0.1) is 0 Å². The molecule has 0 aromatic heterocycles. The second-order valence-corrected chi connectivity index (χ2v) is 8.00. The lowest BCUT2D eigenvalue weighted by Gasteiger charge is -2.22. The molecule has 3 aromatic carbocycles. The van der Waals surface area contributed by atoms with Crippen LogP contribution in [0.2, 0.25) is 0 Å². The van der Waals surface area contributed by atoms with E-state index in [2.05, 4.69) is 5.32 Å². The number of carbonyl (C=O) groups is 2. The maximum Gasteiger partial charge on any atom is 0.420 e. The fraction of sp³-hybridized carbons (Fsp3) is 0.200. The third-order valence-corrected chi connectivity index (χ3v) is 5.04. The molecule has 0 saturated carbocycles. The molecule has 0 spiro atoms. The molecule has 3 aromatic rings. The molecule has 0 saturated heterocycles. The molecule has 6 nitrogen and oxygen atoms in total. The van der Waals surface area contributed by atoms with Crippen molar-refractivity contribution in [1.82, 2.24) is 0 Å². The lowest BCUT2D eigenvalue weighted by molar-refractivity contribution is -0.140. The Balaban J connectivity index is 1.74. The van der Waals surface area contributed by atoms with E-state index in [1.165, 1.54) is 13.0 Å². The molecule has 34 heavy (non-hydrogen) atoms. The summed E-state index contributed by atoms with van der Waals surface area (Å²) in [6.07, 6.45) is -5.43. The second-order valence-electron chi connectivity index (χ2n) is 8.00. The molecule has 3 rings (SSSR count). The van der Waals surface area contributed by atoms with Gasteiger partial charge in [0.15, 0.2) is 0 Å². The molecule has 0 radical (unpaired) electrons. The minimum Gasteiger partial charge on any atom is -0.488 e. The molecule has 1 amide bonds. The van der Waals surface area contributed by atoms with E-state index in [9.17, 15) is 22.8 Å². The largest absolute Gasteiger partial charge is 0.488 e. The first-order valence-corrected chi connectivity index (χ1v) is 10.3. The van der Waals surface area contributed by atoms with Crippen molar-refractivity contribution in [1.29, 1.82) is 0 Å². The number of carbonyl (C=O) groups excluding carboxylic acids is 1. The molecular weight excluding hydrogens is 449 g/mol. The number of aliphatic carboxylic acids is 1. The number of carboxylic acid groups (broad SMARTS) is 1. The smallest absolute Gasteiger partial charge is 0.420 e. The summed E-state index contributed by atoms with van der Waals surface area (Å²) >= 11 is 0. The van der Waals surface area contributed by atoms with Gasteiger partial charge in [-0.2, -0.15) is 13.2 Å². The highest BCUT2D eigenvalue weighted by atomic mass is 19.4. The van der Waals surface area contributed by atoms with Crippen LogP contribution in [0.15, 0.2) is 72.8 Å². The SMILES string of the molecule is C[C@](N)(CC(=O)O)C(=O)Nc1ccc(OCc2ccc(-c3ccccc3)cc2)c(C(F)(F)F)c1. The van der Waals surface area contributed by atoms with Crippen molar-refractivity contribution in [2.75, 3.05) is 5.32 Å². The Hall–Kier alpha value is -3.85. The molecule has 0 aliphatic heterocycles. The van der Waals surface area contributed by atoms with Crippen LogP contribution < -0.4 is 15.8 Å². The highest BCUT2D eigenvalue weighted by molar-refractivity contribution is 5.99. The van der Waals surface area contributed by atoms with Gasteiger partial charge in [0.1, 0.15) is 17.9 Å². The standard InChI is InChI=1S/C25H23F3N2O4/c1-24(29,14-22(31)32)23(33)30-19-11-12-21(20(13-19)25(26,27)28)34-15-16-7-9-18(10-8-16)17-5-3-2-4-6-17/h2-13H,14-15,29H2,1H3,(H,30,33)(H,31,32)/t24-/m0/s1. The first kappa shape index (κ1) is 24.8. The van der Waals surface area contributed by atoms with Gasteiger partial charge in [-0.05, 0) is 41.8 Å². The van der Waals surface area contributed by atoms with Crippen LogP contribution in [0.1, 0.15) is 24.5 Å². The van der Waals surface area contributed by atoms with Gasteiger partial charge in [-0.1, -0.05) is 54.6 Å². The lowest BCUT2D eigenvalue weighted by atomic mass is 9.98. The Bertz CT molecular complexity index is 1160. The van der Waals surface area contributed by atoms with Crippen LogP contribution in [0.5, 0.6) is 5.75 Å². The minimum atomic E-state index is -4.75. The van der Waals surface area contributed by atoms with Gasteiger partial charge in [0, 0.05) is 5.69 Å². The van der Waals surface area contributed by atoms with E-state index >= 15 is 0 Å². The third-order valence-electron chi connectivity index (χ3n) is 5.04. The van der Waals surface area contributed by atoms with E-state index in [1.807, 2.05) is 42.5 Å². The first-order valence-electron chi connectivity index (χ1n) is 10.3. The molecule has 9 heteroatoms. The summed E-state index contributed by atoms with van der Waals surface area (Å²) in [5.41, 5.74) is 5.28. The van der Waals surface area contributed by atoms with Crippen LogP contribution >= 0.6 is 0 Å². The number of hydrogen-bond donors (Lipinski definition) is 3. The molecule has 0 aliphatic rings. The van der Waals surface area contributed by atoms with Gasteiger partial charge in [-0.3, -0.25) is 9.59 Å². The number of nitrogens with one attached hydrogen (secondary N) is 1. The fourth-order valence-electron chi connectivity index (χ4n) is 3.21. The second kappa shape index (κ2) is 9.96. The third kappa shape index (κ3) is 6.35. The van der Waals surface area contributed by atoms with Crippen molar-refractivity contribution in [3.63, 3.8) is 0 Å². The Kier molecular flexibility index (Phi) is 7.26. The van der Waals surface area contributed by atoms with Crippen molar-refractivity contribution < 1.29 is 32.6 Å². The van der Waals surface area contributed by atoms with Crippen molar-refractivity contribution in [2.45, 2.75) is 31.7 Å². The quantitative estimate of drug-likeness (QED) is 0.424. The number of benzene rings is 3. The summed E-state index contributed by atoms with van der Waals surface area (Å²) in [5, 5.41) is 11.1. The monoisotopic (exact) mass is 472 g/mol. The molecule has 4 N–H and O–H groups in total. The molecular formula is C25H23F3N2O4. The number of amides is 1. The Morgan fingerprint density at radius 3 is 2.18 bits per heavy atom. The van der Waals surface area contributed by atoms with Gasteiger partial charge in [-0.15, -0.1) is 0 Å². The number of alkyl halides is 3. The Morgan fingerprint density at radius 2 is 1.59 bits per heavy atom. The van der Waals surface area contributed by atoms with Crippen molar-refractivity contribution in [2.24, 2.45) is 5.73 Å². The predicted molar refractivity (Wildman–Crippen MR) is 121 cm³/mol. The first-order chi connectivity index (χ1) is 16.0. The van der Waals surface area contributed by atoms with Crippen molar-refractivity contribution in [3.8, 4) is 16.9 Å². The average molecular weight is 472 g/mol. The number of halogens is 3. The predicted octanol–water partition coefficient (Wildman–Crippen LogP) is 5.08. The fourth-order valence-corrected chi connectivity index (χ4v) is 3.21. The van der Waals surface area contributed by atoms with Gasteiger partial charge in [-0.25, -0.2) is 0 Å².